The molecule has 1 saturated carbocycles. The molecule has 1 aliphatic carbocycles. The van der Waals surface area contributed by atoms with Crippen LogP contribution in [0.25, 0.3) is 0 Å². The molecule has 9 unspecified atom stereocenters. The van der Waals surface area contributed by atoms with Crippen LogP contribution in [0.5, 0.6) is 0 Å². The third kappa shape index (κ3) is 9.13. The summed E-state index contributed by atoms with van der Waals surface area (Å²) in [4.78, 5) is 12.4. The van der Waals surface area contributed by atoms with Crippen molar-refractivity contribution in [3.8, 4) is 0 Å². The quantitative estimate of drug-likeness (QED) is 0.103. The fourth-order valence-electron chi connectivity index (χ4n) is 4.46. The molecule has 0 radical (unpaired) electrons. The van der Waals surface area contributed by atoms with Crippen LogP contribution in [-0.4, -0.2) is 115 Å². The molecule has 1 heterocycles. The second kappa shape index (κ2) is 15.3. The van der Waals surface area contributed by atoms with Gasteiger partial charge in [-0.1, -0.05) is 0 Å². The minimum absolute atomic E-state index is 0.106. The van der Waals surface area contributed by atoms with E-state index >= 15 is 0 Å². The first kappa shape index (κ1) is 30.3. The molecule has 206 valence electrons. The van der Waals surface area contributed by atoms with E-state index in [1.54, 1.807) is 6.92 Å². The van der Waals surface area contributed by atoms with Gasteiger partial charge in [-0.15, -0.1) is 0 Å². The van der Waals surface area contributed by atoms with Crippen molar-refractivity contribution in [1.29, 1.82) is 0 Å². The fourth-order valence-corrected chi connectivity index (χ4v) is 4.46. The lowest BCUT2D eigenvalue weighted by Gasteiger charge is -2.46. The highest BCUT2D eigenvalue weighted by Gasteiger charge is 2.47. The predicted molar refractivity (Wildman–Crippen MR) is 129 cm³/mol. The molecule has 2 rings (SSSR count). The number of nitrogens with two attached hydrogens (primary N) is 4. The molecule has 1 aliphatic heterocycles. The van der Waals surface area contributed by atoms with E-state index in [1.807, 2.05) is 0 Å². The van der Waals surface area contributed by atoms with Gasteiger partial charge >= 0.3 is 0 Å². The highest BCUT2D eigenvalue weighted by Crippen LogP contribution is 2.29. The first-order chi connectivity index (χ1) is 16.7. The van der Waals surface area contributed by atoms with Gasteiger partial charge in [0.2, 0.25) is 5.91 Å². The monoisotopic (exact) mass is 506 g/mol. The Hall–Kier alpha value is -0.970. The van der Waals surface area contributed by atoms with Crippen LogP contribution in [0.4, 0.5) is 0 Å². The van der Waals surface area contributed by atoms with Crippen molar-refractivity contribution in [2.45, 2.75) is 100 Å². The summed E-state index contributed by atoms with van der Waals surface area (Å²) in [6.45, 7) is 4.16. The van der Waals surface area contributed by atoms with Gasteiger partial charge in [0.1, 0.15) is 24.4 Å². The van der Waals surface area contributed by atoms with Gasteiger partial charge in [-0.25, -0.2) is 0 Å². The molecule has 0 spiro atoms. The molecule has 10 atom stereocenters. The highest BCUT2D eigenvalue weighted by atomic mass is 16.7. The Balaban J connectivity index is 2.05. The molecule has 1 amide bonds. The Bertz CT molecular complexity index is 621. The summed E-state index contributed by atoms with van der Waals surface area (Å²) in [6.07, 6.45) is -3.75. The van der Waals surface area contributed by atoms with E-state index < -0.39 is 60.8 Å². The minimum Gasteiger partial charge on any atom is -0.391 e. The Morgan fingerprint density at radius 1 is 1.11 bits per heavy atom. The van der Waals surface area contributed by atoms with Gasteiger partial charge in [0.05, 0.1) is 30.9 Å². The van der Waals surface area contributed by atoms with Crippen molar-refractivity contribution in [3.63, 3.8) is 0 Å². The van der Waals surface area contributed by atoms with Gasteiger partial charge in [0.25, 0.3) is 0 Å². The fraction of sp³-hybridized carbons (Fsp3) is 0.955. The molecule has 0 aromatic carbocycles. The molecule has 13 nitrogen and oxygen atoms in total. The van der Waals surface area contributed by atoms with Crippen molar-refractivity contribution in [1.82, 2.24) is 10.6 Å². The van der Waals surface area contributed by atoms with Crippen molar-refractivity contribution >= 4 is 5.91 Å². The molecule has 0 aromatic heterocycles. The molecular formula is C22H46N6O7. The smallest absolute Gasteiger partial charge is 0.249 e. The second-order valence-corrected chi connectivity index (χ2v) is 9.48. The Morgan fingerprint density at radius 3 is 2.54 bits per heavy atom. The van der Waals surface area contributed by atoms with E-state index in [2.05, 4.69) is 10.6 Å². The van der Waals surface area contributed by atoms with Crippen LogP contribution in [-0.2, 0) is 19.0 Å². The van der Waals surface area contributed by atoms with E-state index in [9.17, 15) is 20.1 Å². The number of unbranched alkanes of at least 4 members (excludes halogenated alkanes) is 1. The summed E-state index contributed by atoms with van der Waals surface area (Å²) in [6, 6.07) is -2.16. The minimum atomic E-state index is -1.27. The van der Waals surface area contributed by atoms with Gasteiger partial charge in [-0.05, 0) is 52.2 Å². The van der Waals surface area contributed by atoms with Gasteiger partial charge in [0.15, 0.2) is 6.29 Å². The van der Waals surface area contributed by atoms with E-state index in [-0.39, 0.29) is 32.1 Å². The lowest BCUT2D eigenvalue weighted by Crippen LogP contribution is -2.67. The van der Waals surface area contributed by atoms with Crippen LogP contribution in [0.2, 0.25) is 0 Å². The molecule has 2 aliphatic rings. The number of carbonyl (C=O) groups is 1. The molecule has 13 heteroatoms. The molecular weight excluding hydrogens is 460 g/mol. The van der Waals surface area contributed by atoms with Gasteiger partial charge < -0.3 is 63.1 Å². The van der Waals surface area contributed by atoms with E-state index in [0.29, 0.717) is 19.5 Å². The number of nitrogens with one attached hydrogen (secondary N) is 2. The largest absolute Gasteiger partial charge is 0.391 e. The lowest BCUT2D eigenvalue weighted by molar-refractivity contribution is -0.267. The van der Waals surface area contributed by atoms with E-state index in [0.717, 1.165) is 19.4 Å². The molecule has 35 heavy (non-hydrogen) atoms. The second-order valence-electron chi connectivity index (χ2n) is 9.48. The number of aliphatic hydroxyl groups excluding tert-OH is 3. The first-order valence-corrected chi connectivity index (χ1v) is 12.6. The van der Waals surface area contributed by atoms with Crippen LogP contribution in [0.3, 0.4) is 0 Å². The van der Waals surface area contributed by atoms with Crippen LogP contribution in [0.1, 0.15) is 39.0 Å². The molecule has 1 saturated heterocycles. The van der Waals surface area contributed by atoms with Crippen molar-refractivity contribution in [2.75, 3.05) is 32.8 Å². The summed E-state index contributed by atoms with van der Waals surface area (Å²) in [5.74, 6) is -0.609. The summed E-state index contributed by atoms with van der Waals surface area (Å²) >= 11 is 0. The molecule has 2 fully saturated rings. The third-order valence-corrected chi connectivity index (χ3v) is 6.47. The standard InChI is InChI=1S/C22H46N6O7/c1-12-10-16(30)17(26)22(34-12)35-19-13(25)11-14(28-21(32)15(29)4-6-24)20(18(19)31)33-9-8-27-7-3-2-5-23/h12-20,22,27,29-31H,2-11,23-26H2,1H3,(H,28,32)/t12?,13?,14?,15-,16?,17?,18?,19?,20?,22?/m0/s1. The zero-order chi connectivity index (χ0) is 26.0. The summed E-state index contributed by atoms with van der Waals surface area (Å²) < 4.78 is 17.7. The number of rotatable bonds is 14. The van der Waals surface area contributed by atoms with Crippen molar-refractivity contribution in [2.24, 2.45) is 22.9 Å². The number of aliphatic hydroxyl groups is 3. The number of carbonyl (C=O) groups excluding carboxylic acids is 1. The summed E-state index contributed by atoms with van der Waals surface area (Å²) in [5, 5.41) is 37.4. The van der Waals surface area contributed by atoms with Crippen LogP contribution in [0, 0.1) is 0 Å². The van der Waals surface area contributed by atoms with Crippen LogP contribution >= 0.6 is 0 Å². The first-order valence-electron chi connectivity index (χ1n) is 12.6. The maximum Gasteiger partial charge on any atom is 0.249 e. The van der Waals surface area contributed by atoms with Crippen molar-refractivity contribution < 1.29 is 34.3 Å². The zero-order valence-corrected chi connectivity index (χ0v) is 20.6. The predicted octanol–water partition coefficient (Wildman–Crippen LogP) is -3.81. The number of amides is 1. The number of hydrogen-bond acceptors (Lipinski definition) is 12. The normalized spacial score (nSPS) is 36.6. The van der Waals surface area contributed by atoms with E-state index in [4.69, 9.17) is 37.1 Å². The maximum atomic E-state index is 12.4. The molecule has 0 bridgehead atoms. The average Bonchev–Trinajstić information content (AvgIpc) is 2.80. The van der Waals surface area contributed by atoms with Crippen LogP contribution in [0.15, 0.2) is 0 Å². The van der Waals surface area contributed by atoms with Gasteiger partial charge in [0, 0.05) is 19.0 Å². The number of hydrogen-bond donors (Lipinski definition) is 9. The topological polar surface area (TPSA) is 234 Å². The van der Waals surface area contributed by atoms with Crippen LogP contribution < -0.4 is 33.6 Å². The van der Waals surface area contributed by atoms with Crippen molar-refractivity contribution in [3.05, 3.63) is 0 Å². The third-order valence-electron chi connectivity index (χ3n) is 6.47. The zero-order valence-electron chi connectivity index (χ0n) is 20.6. The summed E-state index contributed by atoms with van der Waals surface area (Å²) in [7, 11) is 0. The maximum absolute atomic E-state index is 12.4. The number of ether oxygens (including phenoxy) is 3. The summed E-state index contributed by atoms with van der Waals surface area (Å²) in [5.41, 5.74) is 23.3. The molecule has 13 N–H and O–H groups in total. The van der Waals surface area contributed by atoms with E-state index in [1.165, 1.54) is 0 Å². The average molecular weight is 507 g/mol. The lowest BCUT2D eigenvalue weighted by atomic mass is 9.83. The molecule has 0 aromatic rings. The van der Waals surface area contributed by atoms with Gasteiger partial charge in [-0.2, -0.15) is 0 Å². The van der Waals surface area contributed by atoms with Gasteiger partial charge in [-0.3, -0.25) is 4.79 Å². The Morgan fingerprint density at radius 2 is 1.86 bits per heavy atom. The SMILES string of the molecule is CC1CC(O)C(N)C(OC2C(N)CC(NC(=O)[C@@H](O)CCN)C(OCCNCCCCN)C2O)O1. The highest BCUT2D eigenvalue weighted by molar-refractivity contribution is 5.80. The Kier molecular flexibility index (Phi) is 13.2. The Labute approximate surface area is 207 Å².